The number of fused-ring (bicyclic) bond motifs is 8. The fraction of sp³-hybridized carbons (Fsp3) is 0.0233. The summed E-state index contributed by atoms with van der Waals surface area (Å²) in [5.74, 6) is 0.321. The van der Waals surface area contributed by atoms with Crippen LogP contribution in [-0.4, -0.2) is 5.11 Å². The molecular weight excluding hydrogens is 532 g/mol. The second kappa shape index (κ2) is 9.42. The zero-order valence-corrected chi connectivity index (χ0v) is 24.3. The van der Waals surface area contributed by atoms with Gasteiger partial charge in [-0.1, -0.05) is 127 Å². The number of phenolic OH excluding ortho intramolecular Hbond substituents is 1. The van der Waals surface area contributed by atoms with E-state index in [1.165, 1.54) is 65.3 Å². The first-order chi connectivity index (χ1) is 21.7. The number of aromatic hydroxyl groups is 1. The Balaban J connectivity index is 1.50. The van der Waals surface area contributed by atoms with E-state index in [1.54, 1.807) is 6.07 Å². The molecule has 0 unspecified atom stereocenters. The molecule has 0 saturated heterocycles. The number of hydrogen-bond donors (Lipinski definition) is 1. The van der Waals surface area contributed by atoms with Gasteiger partial charge in [0.15, 0.2) is 0 Å². The van der Waals surface area contributed by atoms with Crippen LogP contribution < -0.4 is 0 Å². The minimum absolute atomic E-state index is 0.321. The van der Waals surface area contributed by atoms with Gasteiger partial charge in [-0.3, -0.25) is 0 Å². The predicted molar refractivity (Wildman–Crippen MR) is 189 cm³/mol. The summed E-state index contributed by atoms with van der Waals surface area (Å²) in [5.41, 5.74) is 6.09. The van der Waals surface area contributed by atoms with Gasteiger partial charge in [-0.05, 0) is 112 Å². The van der Waals surface area contributed by atoms with E-state index >= 15 is 0 Å². The Bertz CT molecular complexity index is 2570. The number of rotatable bonds is 2. The average molecular weight is 561 g/mol. The third kappa shape index (κ3) is 3.47. The Labute approximate surface area is 255 Å². The summed E-state index contributed by atoms with van der Waals surface area (Å²) in [4.78, 5) is 0. The molecule has 0 fully saturated rings. The first-order valence-electron chi connectivity index (χ1n) is 15.2. The summed E-state index contributed by atoms with van der Waals surface area (Å²) in [7, 11) is 0. The van der Waals surface area contributed by atoms with Crippen molar-refractivity contribution in [2.24, 2.45) is 0 Å². The van der Waals surface area contributed by atoms with Gasteiger partial charge in [0.05, 0.1) is 0 Å². The van der Waals surface area contributed by atoms with Gasteiger partial charge in [-0.25, -0.2) is 0 Å². The maximum absolute atomic E-state index is 11.0. The van der Waals surface area contributed by atoms with Gasteiger partial charge in [0.2, 0.25) is 0 Å². The van der Waals surface area contributed by atoms with E-state index in [9.17, 15) is 5.11 Å². The molecule has 44 heavy (non-hydrogen) atoms. The van der Waals surface area contributed by atoms with Crippen LogP contribution in [0.1, 0.15) is 5.56 Å². The largest absolute Gasteiger partial charge is 0.507 e. The molecule has 9 rings (SSSR count). The number of benzene rings is 9. The highest BCUT2D eigenvalue weighted by Gasteiger charge is 2.21. The zero-order valence-electron chi connectivity index (χ0n) is 24.3. The van der Waals surface area contributed by atoms with Crippen molar-refractivity contribution in [3.05, 3.63) is 151 Å². The van der Waals surface area contributed by atoms with Crippen LogP contribution in [0.2, 0.25) is 0 Å². The van der Waals surface area contributed by atoms with Crippen molar-refractivity contribution in [1.82, 2.24) is 0 Å². The van der Waals surface area contributed by atoms with Crippen molar-refractivity contribution in [3.63, 3.8) is 0 Å². The van der Waals surface area contributed by atoms with Crippen LogP contribution in [0.25, 0.3) is 86.9 Å². The minimum Gasteiger partial charge on any atom is -0.507 e. The van der Waals surface area contributed by atoms with Gasteiger partial charge < -0.3 is 5.11 Å². The van der Waals surface area contributed by atoms with E-state index in [-0.39, 0.29) is 0 Å². The number of hydrogen-bond acceptors (Lipinski definition) is 1. The van der Waals surface area contributed by atoms with Gasteiger partial charge in [-0.2, -0.15) is 0 Å². The Kier molecular flexibility index (Phi) is 5.33. The summed E-state index contributed by atoms with van der Waals surface area (Å²) in [5, 5.41) is 25.2. The van der Waals surface area contributed by atoms with Crippen molar-refractivity contribution in [2.45, 2.75) is 6.92 Å². The quantitative estimate of drug-likeness (QED) is 0.165. The van der Waals surface area contributed by atoms with Crippen molar-refractivity contribution < 1.29 is 5.11 Å². The predicted octanol–water partition coefficient (Wildman–Crippen LogP) is 12.0. The van der Waals surface area contributed by atoms with Crippen LogP contribution in [-0.2, 0) is 0 Å². The second-order valence-corrected chi connectivity index (χ2v) is 11.8. The number of aryl methyl sites for hydroxylation is 1. The Morgan fingerprint density at radius 1 is 0.364 bits per heavy atom. The molecule has 0 saturated carbocycles. The molecule has 0 aliphatic heterocycles. The van der Waals surface area contributed by atoms with Gasteiger partial charge in [0, 0.05) is 5.39 Å². The second-order valence-electron chi connectivity index (χ2n) is 11.8. The summed E-state index contributed by atoms with van der Waals surface area (Å²) in [6, 6.07) is 52.2. The Hall–Kier alpha value is -5.66. The van der Waals surface area contributed by atoms with E-state index in [0.29, 0.717) is 5.75 Å². The van der Waals surface area contributed by atoms with Crippen LogP contribution in [0.5, 0.6) is 5.75 Å². The van der Waals surface area contributed by atoms with Gasteiger partial charge in [-0.15, -0.1) is 0 Å². The third-order valence-electron chi connectivity index (χ3n) is 9.43. The summed E-state index contributed by atoms with van der Waals surface area (Å²) in [6.45, 7) is 2.14. The van der Waals surface area contributed by atoms with E-state index in [4.69, 9.17) is 0 Å². The summed E-state index contributed by atoms with van der Waals surface area (Å²) < 4.78 is 0. The molecule has 0 aromatic heterocycles. The maximum Gasteiger partial charge on any atom is 0.124 e. The van der Waals surface area contributed by atoms with Crippen molar-refractivity contribution in [3.8, 4) is 28.0 Å². The third-order valence-corrected chi connectivity index (χ3v) is 9.43. The average Bonchev–Trinajstić information content (AvgIpc) is 3.07. The zero-order chi connectivity index (χ0) is 29.4. The Morgan fingerprint density at radius 2 is 0.818 bits per heavy atom. The molecular formula is C43H28O. The van der Waals surface area contributed by atoms with Gasteiger partial charge in [0.1, 0.15) is 5.75 Å². The molecule has 0 aliphatic carbocycles. The molecule has 0 heterocycles. The highest BCUT2D eigenvalue weighted by Crippen LogP contribution is 2.49. The highest BCUT2D eigenvalue weighted by molar-refractivity contribution is 6.28. The Morgan fingerprint density at radius 3 is 1.48 bits per heavy atom. The van der Waals surface area contributed by atoms with E-state index in [0.717, 1.165) is 27.1 Å². The van der Waals surface area contributed by atoms with Gasteiger partial charge in [0.25, 0.3) is 0 Å². The first-order valence-corrected chi connectivity index (χ1v) is 15.2. The maximum atomic E-state index is 11.0. The number of phenols is 1. The first kappa shape index (κ1) is 24.9. The fourth-order valence-corrected chi connectivity index (χ4v) is 7.58. The van der Waals surface area contributed by atoms with Crippen LogP contribution in [0.15, 0.2) is 146 Å². The molecule has 1 heteroatoms. The van der Waals surface area contributed by atoms with E-state index in [1.807, 2.05) is 6.07 Å². The molecule has 0 spiro atoms. The molecule has 9 aromatic rings. The lowest BCUT2D eigenvalue weighted by atomic mass is 9.82. The molecule has 0 aliphatic rings. The van der Waals surface area contributed by atoms with Crippen LogP contribution in [0.3, 0.4) is 0 Å². The summed E-state index contributed by atoms with van der Waals surface area (Å²) in [6.07, 6.45) is 0. The van der Waals surface area contributed by atoms with Crippen molar-refractivity contribution in [2.75, 3.05) is 0 Å². The standard InChI is InChI=1S/C43H28O/c1-26-12-10-22-36-38(25-28-14-11-23-39(44)41(28)40(26)36)43-34-20-8-6-18-32(34)42(33-19-7-9-21-35(33)43)37-24-27-13-2-3-15-29(27)30-16-4-5-17-31(30)37/h2-25,44H,1H3. The topological polar surface area (TPSA) is 20.2 Å². The molecule has 206 valence electrons. The molecule has 0 radical (unpaired) electrons. The lowest BCUT2D eigenvalue weighted by molar-refractivity contribution is 0.482. The monoisotopic (exact) mass is 560 g/mol. The van der Waals surface area contributed by atoms with E-state index in [2.05, 4.69) is 140 Å². The minimum atomic E-state index is 0.321. The lowest BCUT2D eigenvalue weighted by Crippen LogP contribution is -1.94. The molecule has 0 amide bonds. The van der Waals surface area contributed by atoms with Crippen LogP contribution >= 0.6 is 0 Å². The molecule has 9 aromatic carbocycles. The highest BCUT2D eigenvalue weighted by atomic mass is 16.3. The van der Waals surface area contributed by atoms with Crippen molar-refractivity contribution >= 4 is 64.6 Å². The molecule has 0 bridgehead atoms. The lowest BCUT2D eigenvalue weighted by Gasteiger charge is -2.21. The van der Waals surface area contributed by atoms with Gasteiger partial charge >= 0.3 is 0 Å². The molecule has 0 atom stereocenters. The summed E-state index contributed by atoms with van der Waals surface area (Å²) >= 11 is 0. The molecule has 1 nitrogen and oxygen atoms in total. The van der Waals surface area contributed by atoms with Crippen molar-refractivity contribution in [1.29, 1.82) is 0 Å². The smallest absolute Gasteiger partial charge is 0.124 e. The van der Waals surface area contributed by atoms with Crippen LogP contribution in [0.4, 0.5) is 0 Å². The normalized spacial score (nSPS) is 11.8. The van der Waals surface area contributed by atoms with E-state index < -0.39 is 0 Å². The SMILES string of the molecule is Cc1cccc2c(-c3c4ccccc4c(-c4cc5ccccc5c5ccccc45)c4ccccc34)cc3cccc(O)c3c12. The molecule has 1 N–H and O–H groups in total. The fourth-order valence-electron chi connectivity index (χ4n) is 7.58. The van der Waals surface area contributed by atoms with Crippen LogP contribution in [0, 0.1) is 6.92 Å².